The monoisotopic (exact) mass is 187 g/mol. The standard InChI is InChI=1S/C10H18FNO/c11-10(3-5-12-6-4-10)9-1-7-13-8-2-9/h9,12H,1-8H2. The highest BCUT2D eigenvalue weighted by Crippen LogP contribution is 2.37. The van der Waals surface area contributed by atoms with Gasteiger partial charge in [-0.3, -0.25) is 0 Å². The number of hydrogen-bond acceptors (Lipinski definition) is 2. The maximum Gasteiger partial charge on any atom is 0.116 e. The van der Waals surface area contributed by atoms with Crippen molar-refractivity contribution in [2.24, 2.45) is 5.92 Å². The Balaban J connectivity index is 1.94. The molecule has 2 saturated heterocycles. The largest absolute Gasteiger partial charge is 0.381 e. The van der Waals surface area contributed by atoms with E-state index in [1.54, 1.807) is 0 Å². The van der Waals surface area contributed by atoms with Gasteiger partial charge in [0, 0.05) is 13.2 Å². The fourth-order valence-electron chi connectivity index (χ4n) is 2.47. The molecule has 0 radical (unpaired) electrons. The third-order valence-electron chi connectivity index (χ3n) is 3.39. The van der Waals surface area contributed by atoms with Gasteiger partial charge in [-0.2, -0.15) is 0 Å². The van der Waals surface area contributed by atoms with Crippen LogP contribution in [-0.2, 0) is 4.74 Å². The molecule has 2 heterocycles. The van der Waals surface area contributed by atoms with Crippen LogP contribution in [0.15, 0.2) is 0 Å². The zero-order valence-corrected chi connectivity index (χ0v) is 8.02. The molecule has 76 valence electrons. The second kappa shape index (κ2) is 3.93. The third-order valence-corrected chi connectivity index (χ3v) is 3.39. The first-order valence-corrected chi connectivity index (χ1v) is 5.29. The van der Waals surface area contributed by atoms with Gasteiger partial charge < -0.3 is 10.1 Å². The van der Waals surface area contributed by atoms with Gasteiger partial charge in [-0.05, 0) is 44.7 Å². The molecule has 2 nitrogen and oxygen atoms in total. The first kappa shape index (κ1) is 9.41. The second-order valence-corrected chi connectivity index (χ2v) is 4.17. The molecule has 2 aliphatic heterocycles. The van der Waals surface area contributed by atoms with E-state index in [9.17, 15) is 4.39 Å². The Bertz CT molecular complexity index is 162. The zero-order chi connectivity index (χ0) is 9.15. The predicted octanol–water partition coefficient (Wildman–Crippen LogP) is 1.50. The van der Waals surface area contributed by atoms with Crippen molar-refractivity contribution in [3.63, 3.8) is 0 Å². The summed E-state index contributed by atoms with van der Waals surface area (Å²) in [6.45, 7) is 3.19. The van der Waals surface area contributed by atoms with Crippen molar-refractivity contribution in [1.29, 1.82) is 0 Å². The van der Waals surface area contributed by atoms with Crippen LogP contribution in [0.25, 0.3) is 0 Å². The van der Waals surface area contributed by atoms with Crippen LogP contribution >= 0.6 is 0 Å². The highest BCUT2D eigenvalue weighted by atomic mass is 19.1. The Labute approximate surface area is 78.8 Å². The summed E-state index contributed by atoms with van der Waals surface area (Å²) in [7, 11) is 0. The highest BCUT2D eigenvalue weighted by molar-refractivity contribution is 4.91. The number of ether oxygens (including phenoxy) is 1. The third kappa shape index (κ3) is 2.02. The van der Waals surface area contributed by atoms with Crippen molar-refractivity contribution in [3.05, 3.63) is 0 Å². The van der Waals surface area contributed by atoms with Crippen LogP contribution in [-0.4, -0.2) is 32.0 Å². The van der Waals surface area contributed by atoms with Gasteiger partial charge in [-0.15, -0.1) is 0 Å². The van der Waals surface area contributed by atoms with Crippen molar-refractivity contribution in [1.82, 2.24) is 5.32 Å². The number of hydrogen-bond donors (Lipinski definition) is 1. The minimum absolute atomic E-state index is 0.253. The van der Waals surface area contributed by atoms with Crippen LogP contribution in [0.4, 0.5) is 4.39 Å². The van der Waals surface area contributed by atoms with E-state index in [1.165, 1.54) is 0 Å². The van der Waals surface area contributed by atoms with E-state index < -0.39 is 5.67 Å². The van der Waals surface area contributed by atoms with Gasteiger partial charge in [0.05, 0.1) is 0 Å². The van der Waals surface area contributed by atoms with Crippen LogP contribution in [0, 0.1) is 5.92 Å². The van der Waals surface area contributed by atoms with Crippen LogP contribution in [0.3, 0.4) is 0 Å². The van der Waals surface area contributed by atoms with Gasteiger partial charge in [-0.1, -0.05) is 0 Å². The summed E-state index contributed by atoms with van der Waals surface area (Å²) < 4.78 is 19.6. The van der Waals surface area contributed by atoms with E-state index in [1.807, 2.05) is 0 Å². The summed E-state index contributed by atoms with van der Waals surface area (Å²) in [5, 5.41) is 3.21. The van der Waals surface area contributed by atoms with Crippen molar-refractivity contribution < 1.29 is 9.13 Å². The second-order valence-electron chi connectivity index (χ2n) is 4.17. The van der Waals surface area contributed by atoms with E-state index in [2.05, 4.69) is 5.32 Å². The Morgan fingerprint density at radius 2 is 1.77 bits per heavy atom. The lowest BCUT2D eigenvalue weighted by atomic mass is 9.77. The molecule has 0 aliphatic carbocycles. The van der Waals surface area contributed by atoms with E-state index >= 15 is 0 Å². The van der Waals surface area contributed by atoms with Crippen LogP contribution in [0.2, 0.25) is 0 Å². The molecular weight excluding hydrogens is 169 g/mol. The number of nitrogens with one attached hydrogen (secondary N) is 1. The van der Waals surface area contributed by atoms with Crippen molar-refractivity contribution >= 4 is 0 Å². The smallest absolute Gasteiger partial charge is 0.116 e. The Kier molecular flexibility index (Phi) is 2.84. The van der Waals surface area contributed by atoms with E-state index in [-0.39, 0.29) is 5.92 Å². The van der Waals surface area contributed by atoms with Gasteiger partial charge in [0.15, 0.2) is 0 Å². The lowest BCUT2D eigenvalue weighted by molar-refractivity contribution is -0.0268. The van der Waals surface area contributed by atoms with Gasteiger partial charge in [0.25, 0.3) is 0 Å². The van der Waals surface area contributed by atoms with Gasteiger partial charge in [0.2, 0.25) is 0 Å². The lowest BCUT2D eigenvalue weighted by Crippen LogP contribution is -2.45. The molecule has 13 heavy (non-hydrogen) atoms. The highest BCUT2D eigenvalue weighted by Gasteiger charge is 2.40. The molecule has 3 heteroatoms. The lowest BCUT2D eigenvalue weighted by Gasteiger charge is -2.39. The van der Waals surface area contributed by atoms with Gasteiger partial charge in [-0.25, -0.2) is 4.39 Å². The van der Waals surface area contributed by atoms with Crippen molar-refractivity contribution in [2.75, 3.05) is 26.3 Å². The molecule has 0 unspecified atom stereocenters. The SMILES string of the molecule is FC1(C2CCOCC2)CCNCC1. The van der Waals surface area contributed by atoms with E-state index in [4.69, 9.17) is 4.74 Å². The average Bonchev–Trinajstić information content (AvgIpc) is 2.20. The Morgan fingerprint density at radius 3 is 2.38 bits per heavy atom. The molecule has 0 spiro atoms. The normalized spacial score (nSPS) is 30.2. The predicted molar refractivity (Wildman–Crippen MR) is 49.5 cm³/mol. The molecule has 0 amide bonds. The first-order valence-electron chi connectivity index (χ1n) is 5.29. The van der Waals surface area contributed by atoms with E-state index in [0.717, 1.165) is 39.1 Å². The summed E-state index contributed by atoms with van der Waals surface area (Å²) in [5.41, 5.74) is -0.894. The molecule has 0 aromatic carbocycles. The molecular formula is C10H18FNO. The summed E-state index contributed by atoms with van der Waals surface area (Å²) in [5.74, 6) is 0.253. The molecule has 0 aromatic rings. The van der Waals surface area contributed by atoms with Crippen LogP contribution in [0.1, 0.15) is 25.7 Å². The molecule has 2 aliphatic rings. The zero-order valence-electron chi connectivity index (χ0n) is 8.02. The fraction of sp³-hybridized carbons (Fsp3) is 1.00. The topological polar surface area (TPSA) is 21.3 Å². The molecule has 0 aromatic heterocycles. The molecule has 1 N–H and O–H groups in total. The molecule has 0 bridgehead atoms. The Hall–Kier alpha value is -0.150. The average molecular weight is 187 g/mol. The number of alkyl halides is 1. The molecule has 0 atom stereocenters. The molecule has 0 saturated carbocycles. The van der Waals surface area contributed by atoms with Gasteiger partial charge in [0.1, 0.15) is 5.67 Å². The maximum atomic E-state index is 14.4. The minimum Gasteiger partial charge on any atom is -0.381 e. The minimum atomic E-state index is -0.894. The quantitative estimate of drug-likeness (QED) is 0.671. The van der Waals surface area contributed by atoms with E-state index in [0.29, 0.717) is 12.8 Å². The summed E-state index contributed by atoms with van der Waals surface area (Å²) in [6.07, 6.45) is 3.21. The number of piperidine rings is 1. The first-order chi connectivity index (χ1) is 6.31. The van der Waals surface area contributed by atoms with Crippen molar-refractivity contribution in [3.8, 4) is 0 Å². The maximum absolute atomic E-state index is 14.4. The number of halogens is 1. The molecule has 2 fully saturated rings. The molecule has 2 rings (SSSR count). The van der Waals surface area contributed by atoms with Crippen molar-refractivity contribution in [2.45, 2.75) is 31.4 Å². The number of rotatable bonds is 1. The summed E-state index contributed by atoms with van der Waals surface area (Å²) in [4.78, 5) is 0. The van der Waals surface area contributed by atoms with Crippen LogP contribution in [0.5, 0.6) is 0 Å². The summed E-state index contributed by atoms with van der Waals surface area (Å²) >= 11 is 0. The van der Waals surface area contributed by atoms with Gasteiger partial charge >= 0.3 is 0 Å². The summed E-state index contributed by atoms with van der Waals surface area (Å²) in [6, 6.07) is 0. The fourth-order valence-corrected chi connectivity index (χ4v) is 2.47. The van der Waals surface area contributed by atoms with Crippen LogP contribution < -0.4 is 5.32 Å². The Morgan fingerprint density at radius 1 is 1.15 bits per heavy atom.